The van der Waals surface area contributed by atoms with Crippen LogP contribution in [-0.4, -0.2) is 20.2 Å². The maximum atomic E-state index is 10.8. The lowest BCUT2D eigenvalue weighted by molar-refractivity contribution is -0.395. The molecule has 0 saturated carbocycles. The summed E-state index contributed by atoms with van der Waals surface area (Å²) < 4.78 is 0. The molecule has 0 aromatic heterocycles. The van der Waals surface area contributed by atoms with Crippen LogP contribution in [0.25, 0.3) is 0 Å². The Morgan fingerprint density at radius 2 is 1.53 bits per heavy atom. The highest BCUT2D eigenvalue weighted by molar-refractivity contribution is 5.84. The second kappa shape index (κ2) is 4.82. The molecule has 0 heterocycles. The van der Waals surface area contributed by atoms with E-state index < -0.39 is 43.8 Å². The predicted molar refractivity (Wildman–Crippen MR) is 56.3 cm³/mol. The number of nitriles is 2. The van der Waals surface area contributed by atoms with Crippen LogP contribution < -0.4 is 5.48 Å². The Hall–Kier alpha value is -3.44. The molecule has 0 bridgehead atoms. The van der Waals surface area contributed by atoms with Crippen molar-refractivity contribution in [3.8, 4) is 17.9 Å². The van der Waals surface area contributed by atoms with E-state index in [0.29, 0.717) is 0 Å². The fraction of sp³-hybridized carbons (Fsp3) is 0. The summed E-state index contributed by atoms with van der Waals surface area (Å²) in [5.41, 5.74) is -4.08. The number of aromatic hydroxyl groups is 1. The molecule has 3 N–H and O–H groups in total. The highest BCUT2D eigenvalue weighted by Crippen LogP contribution is 2.45. The molecule has 1 rings (SSSR count). The molecule has 0 radical (unpaired) electrons. The van der Waals surface area contributed by atoms with Crippen LogP contribution >= 0.6 is 0 Å². The molecule has 96 valence electrons. The Labute approximate surface area is 103 Å². The van der Waals surface area contributed by atoms with Gasteiger partial charge in [0.2, 0.25) is 11.3 Å². The van der Waals surface area contributed by atoms with Crippen LogP contribution in [0.15, 0.2) is 0 Å². The number of nitro benzene ring substituents is 2. The van der Waals surface area contributed by atoms with Crippen molar-refractivity contribution in [3.05, 3.63) is 31.4 Å². The molecular formula is C8H3N5O6. The van der Waals surface area contributed by atoms with E-state index in [2.05, 4.69) is 0 Å². The predicted octanol–water partition coefficient (Wildman–Crippen LogP) is 0.753. The van der Waals surface area contributed by atoms with E-state index in [9.17, 15) is 25.3 Å². The molecule has 0 atom stereocenters. The first-order valence-corrected chi connectivity index (χ1v) is 4.32. The Kier molecular flexibility index (Phi) is 3.46. The smallest absolute Gasteiger partial charge is 0.337 e. The third-order valence-corrected chi connectivity index (χ3v) is 2.12. The summed E-state index contributed by atoms with van der Waals surface area (Å²) >= 11 is 0. The SMILES string of the molecule is N#Cc1c(NO)c(O)c([N+](=O)[O-])c(C#N)c1[N+](=O)[O-]. The number of phenolic OH excluding ortho intramolecular Hbond substituents is 1. The Morgan fingerprint density at radius 3 is 1.84 bits per heavy atom. The molecule has 1 aromatic rings. The normalized spacial score (nSPS) is 9.21. The van der Waals surface area contributed by atoms with Crippen molar-refractivity contribution < 1.29 is 20.2 Å². The minimum absolute atomic E-state index is 0.896. The third kappa shape index (κ3) is 1.92. The lowest BCUT2D eigenvalue weighted by Gasteiger charge is -2.07. The van der Waals surface area contributed by atoms with Crippen molar-refractivity contribution in [2.24, 2.45) is 0 Å². The quantitative estimate of drug-likeness (QED) is 0.402. The van der Waals surface area contributed by atoms with Crippen LogP contribution in [0.3, 0.4) is 0 Å². The maximum absolute atomic E-state index is 10.8. The average molecular weight is 265 g/mol. The number of anilines is 1. The van der Waals surface area contributed by atoms with Crippen LogP contribution in [0.1, 0.15) is 11.1 Å². The van der Waals surface area contributed by atoms with E-state index in [1.165, 1.54) is 17.6 Å². The van der Waals surface area contributed by atoms with Gasteiger partial charge in [0.25, 0.3) is 0 Å². The monoisotopic (exact) mass is 265 g/mol. The van der Waals surface area contributed by atoms with Crippen LogP contribution in [-0.2, 0) is 0 Å². The standard InChI is InChI=1S/C8H3N5O6/c9-1-3-5(11-15)8(14)7(13(18)19)4(2-10)6(3)12(16)17/h11,14-15H. The van der Waals surface area contributed by atoms with Gasteiger partial charge in [-0.3, -0.25) is 30.9 Å². The van der Waals surface area contributed by atoms with E-state index in [1.54, 1.807) is 0 Å². The number of nitrogens with one attached hydrogen (secondary N) is 1. The summed E-state index contributed by atoms with van der Waals surface area (Å²) in [4.78, 5) is 19.1. The van der Waals surface area contributed by atoms with Gasteiger partial charge in [-0.2, -0.15) is 10.5 Å². The molecule has 0 unspecified atom stereocenters. The number of phenols is 1. The molecule has 11 nitrogen and oxygen atoms in total. The first-order valence-electron chi connectivity index (χ1n) is 4.32. The van der Waals surface area contributed by atoms with Gasteiger partial charge in [0.15, 0.2) is 5.56 Å². The summed E-state index contributed by atoms with van der Waals surface area (Å²) in [5, 5.41) is 57.2. The second-order valence-corrected chi connectivity index (χ2v) is 3.02. The number of rotatable bonds is 3. The first-order chi connectivity index (χ1) is 8.90. The molecule has 0 saturated heterocycles. The zero-order chi connectivity index (χ0) is 14.7. The number of benzene rings is 1. The molecular weight excluding hydrogens is 262 g/mol. The molecule has 0 amide bonds. The average Bonchev–Trinajstić information content (AvgIpc) is 2.35. The summed E-state index contributed by atoms with van der Waals surface area (Å²) in [6.07, 6.45) is 0. The van der Waals surface area contributed by atoms with E-state index in [1.807, 2.05) is 0 Å². The third-order valence-electron chi connectivity index (χ3n) is 2.12. The summed E-state index contributed by atoms with van der Waals surface area (Å²) in [6.45, 7) is 0. The molecule has 0 aliphatic heterocycles. The van der Waals surface area contributed by atoms with Gasteiger partial charge in [-0.1, -0.05) is 0 Å². The van der Waals surface area contributed by atoms with Gasteiger partial charge in [-0.25, -0.2) is 0 Å². The zero-order valence-corrected chi connectivity index (χ0v) is 8.82. The Morgan fingerprint density at radius 1 is 1.05 bits per heavy atom. The van der Waals surface area contributed by atoms with Crippen molar-refractivity contribution in [3.63, 3.8) is 0 Å². The van der Waals surface area contributed by atoms with Crippen molar-refractivity contribution in [1.82, 2.24) is 0 Å². The highest BCUT2D eigenvalue weighted by atomic mass is 16.6. The van der Waals surface area contributed by atoms with Crippen molar-refractivity contribution in [2.75, 3.05) is 5.48 Å². The number of nitrogens with zero attached hydrogens (tertiary/aromatic N) is 4. The lowest BCUT2D eigenvalue weighted by atomic mass is 10.0. The maximum Gasteiger partial charge on any atom is 0.337 e. The topological polar surface area (TPSA) is 186 Å². The van der Waals surface area contributed by atoms with E-state index in [4.69, 9.17) is 15.7 Å². The zero-order valence-electron chi connectivity index (χ0n) is 8.82. The molecule has 19 heavy (non-hydrogen) atoms. The second-order valence-electron chi connectivity index (χ2n) is 3.02. The van der Waals surface area contributed by atoms with Crippen molar-refractivity contribution in [2.45, 2.75) is 0 Å². The van der Waals surface area contributed by atoms with Crippen molar-refractivity contribution in [1.29, 1.82) is 10.5 Å². The van der Waals surface area contributed by atoms with Gasteiger partial charge in [0.05, 0.1) is 9.85 Å². The number of nitro groups is 2. The molecule has 0 fully saturated rings. The van der Waals surface area contributed by atoms with E-state index >= 15 is 0 Å². The highest BCUT2D eigenvalue weighted by Gasteiger charge is 2.37. The fourth-order valence-corrected chi connectivity index (χ4v) is 1.39. The van der Waals surface area contributed by atoms with Gasteiger partial charge < -0.3 is 5.11 Å². The summed E-state index contributed by atoms with van der Waals surface area (Å²) in [6, 6.07) is 2.47. The molecule has 0 aliphatic carbocycles. The minimum atomic E-state index is -1.27. The van der Waals surface area contributed by atoms with Crippen molar-refractivity contribution >= 4 is 17.1 Å². The fourth-order valence-electron chi connectivity index (χ4n) is 1.39. The minimum Gasteiger partial charge on any atom is -0.501 e. The van der Waals surface area contributed by atoms with E-state index in [0.717, 1.165) is 0 Å². The van der Waals surface area contributed by atoms with Gasteiger partial charge in [-0.15, -0.1) is 0 Å². The first kappa shape index (κ1) is 13.6. The molecule has 0 spiro atoms. The largest absolute Gasteiger partial charge is 0.501 e. The van der Waals surface area contributed by atoms with Crippen LogP contribution in [0.5, 0.6) is 5.75 Å². The van der Waals surface area contributed by atoms with Crippen LogP contribution in [0.4, 0.5) is 17.1 Å². The van der Waals surface area contributed by atoms with Gasteiger partial charge >= 0.3 is 11.4 Å². The van der Waals surface area contributed by atoms with Crippen LogP contribution in [0, 0.1) is 42.9 Å². The molecule has 11 heteroatoms. The lowest BCUT2D eigenvalue weighted by Crippen LogP contribution is -2.05. The summed E-state index contributed by atoms with van der Waals surface area (Å²) in [5.74, 6) is -1.24. The van der Waals surface area contributed by atoms with Gasteiger partial charge in [0, 0.05) is 0 Å². The summed E-state index contributed by atoms with van der Waals surface area (Å²) in [7, 11) is 0. The Balaban J connectivity index is 4.08. The number of hydrogen-bond donors (Lipinski definition) is 3. The van der Waals surface area contributed by atoms with E-state index in [-0.39, 0.29) is 0 Å². The van der Waals surface area contributed by atoms with Gasteiger partial charge in [-0.05, 0) is 0 Å². The Bertz CT molecular complexity index is 670. The molecule has 0 aliphatic rings. The van der Waals surface area contributed by atoms with Gasteiger partial charge in [0.1, 0.15) is 17.8 Å². The molecule has 1 aromatic carbocycles. The van der Waals surface area contributed by atoms with Crippen LogP contribution in [0.2, 0.25) is 0 Å². The number of hydrogen-bond acceptors (Lipinski definition) is 9.